The fourth-order valence-electron chi connectivity index (χ4n) is 2.24. The molecule has 2 aromatic carbocycles. The van der Waals surface area contributed by atoms with Crippen LogP contribution in [0, 0.1) is 11.6 Å². The van der Waals surface area contributed by atoms with Crippen molar-refractivity contribution in [1.82, 2.24) is 0 Å². The molecular weight excluding hydrogens is 338 g/mol. The first-order chi connectivity index (χ1) is 9.97. The number of benzene rings is 2. The van der Waals surface area contributed by atoms with Gasteiger partial charge in [-0.15, -0.1) is 0 Å². The number of nitrogens with zero attached hydrogens (tertiary/aromatic N) is 1. The second-order valence-electron chi connectivity index (χ2n) is 4.88. The van der Waals surface area contributed by atoms with Gasteiger partial charge < -0.3 is 10.6 Å². The van der Waals surface area contributed by atoms with Crippen molar-refractivity contribution in [2.45, 2.75) is 19.5 Å². The van der Waals surface area contributed by atoms with E-state index in [4.69, 9.17) is 5.73 Å². The second-order valence-corrected chi connectivity index (χ2v) is 5.68. The number of hydrogen-bond acceptors (Lipinski definition) is 2. The van der Waals surface area contributed by atoms with Crippen LogP contribution in [0.4, 0.5) is 14.5 Å². The Morgan fingerprint density at radius 2 is 1.86 bits per heavy atom. The largest absolute Gasteiger partial charge is 0.365 e. The predicted octanol–water partition coefficient (Wildman–Crippen LogP) is 4.38. The number of anilines is 1. The van der Waals surface area contributed by atoms with Crippen molar-refractivity contribution in [2.24, 2.45) is 5.73 Å². The van der Waals surface area contributed by atoms with Crippen molar-refractivity contribution in [1.29, 1.82) is 0 Å². The van der Waals surface area contributed by atoms with E-state index in [-0.39, 0.29) is 24.2 Å². The van der Waals surface area contributed by atoms with Gasteiger partial charge >= 0.3 is 0 Å². The Kier molecular flexibility index (Phi) is 4.96. The summed E-state index contributed by atoms with van der Waals surface area (Å²) in [5, 5.41) is 0. The van der Waals surface area contributed by atoms with E-state index in [9.17, 15) is 8.78 Å². The van der Waals surface area contributed by atoms with Crippen LogP contribution in [0.5, 0.6) is 0 Å². The fourth-order valence-corrected chi connectivity index (χ4v) is 2.74. The third-order valence-corrected chi connectivity index (χ3v) is 4.54. The summed E-state index contributed by atoms with van der Waals surface area (Å²) >= 11 is 3.22. The van der Waals surface area contributed by atoms with E-state index in [1.807, 2.05) is 6.92 Å². The van der Waals surface area contributed by atoms with Gasteiger partial charge in [0.15, 0.2) is 5.82 Å². The van der Waals surface area contributed by atoms with E-state index in [2.05, 4.69) is 15.9 Å². The van der Waals surface area contributed by atoms with Crippen molar-refractivity contribution in [3.8, 4) is 0 Å². The molecule has 0 bridgehead atoms. The summed E-state index contributed by atoms with van der Waals surface area (Å²) in [4.78, 5) is 1.71. The van der Waals surface area contributed by atoms with Gasteiger partial charge in [-0.1, -0.05) is 24.3 Å². The van der Waals surface area contributed by atoms with Crippen LogP contribution in [-0.2, 0) is 6.54 Å². The monoisotopic (exact) mass is 354 g/mol. The van der Waals surface area contributed by atoms with Gasteiger partial charge in [-0.05, 0) is 40.5 Å². The molecule has 2 nitrogen and oxygen atoms in total. The molecule has 0 aliphatic carbocycles. The van der Waals surface area contributed by atoms with Crippen LogP contribution < -0.4 is 10.6 Å². The lowest BCUT2D eigenvalue weighted by atomic mass is 10.1. The minimum absolute atomic E-state index is 0.254. The topological polar surface area (TPSA) is 29.3 Å². The third-order valence-electron chi connectivity index (χ3n) is 3.68. The molecule has 0 amide bonds. The molecule has 112 valence electrons. The summed E-state index contributed by atoms with van der Waals surface area (Å²) in [6, 6.07) is 9.66. The zero-order valence-electron chi connectivity index (χ0n) is 11.9. The fraction of sp³-hybridized carbons (Fsp3) is 0.250. The summed E-state index contributed by atoms with van der Waals surface area (Å²) in [5.74, 6) is -0.682. The molecule has 0 saturated heterocycles. The molecule has 2 aromatic rings. The van der Waals surface area contributed by atoms with Gasteiger partial charge in [0.1, 0.15) is 5.82 Å². The molecule has 0 radical (unpaired) electrons. The summed E-state index contributed by atoms with van der Waals surface area (Å²) in [6.45, 7) is 2.09. The Morgan fingerprint density at radius 1 is 1.19 bits per heavy atom. The molecule has 1 unspecified atom stereocenters. The first-order valence-electron chi connectivity index (χ1n) is 6.61. The molecule has 0 aliphatic heterocycles. The Bertz CT molecular complexity index is 646. The molecule has 0 heterocycles. The summed E-state index contributed by atoms with van der Waals surface area (Å²) in [7, 11) is 1.74. The molecule has 0 spiro atoms. The number of hydrogen-bond donors (Lipinski definition) is 1. The molecule has 2 N–H and O–H groups in total. The van der Waals surface area contributed by atoms with Crippen LogP contribution in [0.2, 0.25) is 0 Å². The highest BCUT2D eigenvalue weighted by molar-refractivity contribution is 9.10. The Hall–Kier alpha value is -1.46. The van der Waals surface area contributed by atoms with Crippen LogP contribution in [0.15, 0.2) is 40.9 Å². The van der Waals surface area contributed by atoms with E-state index >= 15 is 0 Å². The minimum Gasteiger partial charge on any atom is -0.365 e. The lowest BCUT2D eigenvalue weighted by Crippen LogP contribution is -2.23. The lowest BCUT2D eigenvalue weighted by Gasteiger charge is -2.28. The maximum absolute atomic E-state index is 14.4. The molecular formula is C16H17BrF2N2. The molecule has 0 saturated carbocycles. The number of halogens is 3. The molecule has 0 fully saturated rings. The average molecular weight is 355 g/mol. The van der Waals surface area contributed by atoms with Crippen LogP contribution in [0.1, 0.15) is 24.1 Å². The standard InChI is InChI=1S/C16H17BrF2N2/c1-10(12-5-3-4-6-13(12)18)21(2)14-8-7-11(9-20)15(17)16(14)19/h3-8,10H,9,20H2,1-2H3. The summed E-state index contributed by atoms with van der Waals surface area (Å²) < 4.78 is 28.7. The van der Waals surface area contributed by atoms with Crippen molar-refractivity contribution in [2.75, 3.05) is 11.9 Å². The van der Waals surface area contributed by atoms with Crippen LogP contribution in [0.3, 0.4) is 0 Å². The van der Waals surface area contributed by atoms with Crippen LogP contribution in [-0.4, -0.2) is 7.05 Å². The van der Waals surface area contributed by atoms with E-state index < -0.39 is 0 Å². The van der Waals surface area contributed by atoms with Gasteiger partial charge in [0.05, 0.1) is 16.2 Å². The van der Waals surface area contributed by atoms with Crippen molar-refractivity contribution >= 4 is 21.6 Å². The highest BCUT2D eigenvalue weighted by atomic mass is 79.9. The normalized spacial score (nSPS) is 12.3. The van der Waals surface area contributed by atoms with E-state index in [1.165, 1.54) is 6.07 Å². The van der Waals surface area contributed by atoms with Gasteiger partial charge in [-0.25, -0.2) is 8.78 Å². The van der Waals surface area contributed by atoms with Gasteiger partial charge in [0.2, 0.25) is 0 Å². The lowest BCUT2D eigenvalue weighted by molar-refractivity contribution is 0.573. The second kappa shape index (κ2) is 6.54. The average Bonchev–Trinajstić information content (AvgIpc) is 2.49. The van der Waals surface area contributed by atoms with Crippen LogP contribution >= 0.6 is 15.9 Å². The van der Waals surface area contributed by atoms with Gasteiger partial charge in [-0.2, -0.15) is 0 Å². The molecule has 21 heavy (non-hydrogen) atoms. The first-order valence-corrected chi connectivity index (χ1v) is 7.40. The zero-order valence-corrected chi connectivity index (χ0v) is 13.5. The van der Waals surface area contributed by atoms with Crippen molar-refractivity contribution < 1.29 is 8.78 Å². The Labute approximate surface area is 131 Å². The number of rotatable bonds is 4. The van der Waals surface area contributed by atoms with Gasteiger partial charge in [0.25, 0.3) is 0 Å². The smallest absolute Gasteiger partial charge is 0.160 e. The van der Waals surface area contributed by atoms with E-state index in [1.54, 1.807) is 42.3 Å². The zero-order chi connectivity index (χ0) is 15.6. The van der Waals surface area contributed by atoms with Crippen molar-refractivity contribution in [3.63, 3.8) is 0 Å². The maximum Gasteiger partial charge on any atom is 0.160 e. The molecule has 1 atom stereocenters. The van der Waals surface area contributed by atoms with Gasteiger partial charge in [0, 0.05) is 19.2 Å². The van der Waals surface area contributed by atoms with Crippen LogP contribution in [0.25, 0.3) is 0 Å². The number of nitrogens with two attached hydrogens (primary N) is 1. The predicted molar refractivity (Wildman–Crippen MR) is 85.2 cm³/mol. The molecule has 5 heteroatoms. The SMILES string of the molecule is CC(c1ccccc1F)N(C)c1ccc(CN)c(Br)c1F. The Balaban J connectivity index is 2.38. The summed E-state index contributed by atoms with van der Waals surface area (Å²) in [5.41, 5.74) is 7.18. The highest BCUT2D eigenvalue weighted by Gasteiger charge is 2.20. The van der Waals surface area contributed by atoms with E-state index in [0.717, 1.165) is 0 Å². The third kappa shape index (κ3) is 3.09. The highest BCUT2D eigenvalue weighted by Crippen LogP contribution is 2.33. The first kappa shape index (κ1) is 15.9. The van der Waals surface area contributed by atoms with Gasteiger partial charge in [-0.3, -0.25) is 0 Å². The molecule has 2 rings (SSSR count). The summed E-state index contributed by atoms with van der Waals surface area (Å²) in [6.07, 6.45) is 0. The Morgan fingerprint density at radius 3 is 2.48 bits per heavy atom. The minimum atomic E-state index is -0.386. The molecule has 0 aliphatic rings. The van der Waals surface area contributed by atoms with Crippen molar-refractivity contribution in [3.05, 3.63) is 63.6 Å². The quantitative estimate of drug-likeness (QED) is 0.882. The molecule has 0 aromatic heterocycles. The van der Waals surface area contributed by atoms with E-state index in [0.29, 0.717) is 21.3 Å². The maximum atomic E-state index is 14.4.